The van der Waals surface area contributed by atoms with Crippen molar-refractivity contribution in [2.45, 2.75) is 44.3 Å². The van der Waals surface area contributed by atoms with Gasteiger partial charge >= 0.3 is 36.2 Å². The molecule has 1 amide bonds. The zero-order chi connectivity index (χ0) is 43.7. The zero-order valence-corrected chi connectivity index (χ0v) is 28.9. The van der Waals surface area contributed by atoms with Gasteiger partial charge in [0.25, 0.3) is 5.91 Å². The van der Waals surface area contributed by atoms with Gasteiger partial charge in [0.05, 0.1) is 6.04 Å². The Hall–Kier alpha value is -7.20. The molecule has 0 radical (unpaired) electrons. The Morgan fingerprint density at radius 3 is 1.75 bits per heavy atom. The van der Waals surface area contributed by atoms with E-state index in [1.54, 1.807) is 48.5 Å². The Morgan fingerprint density at radius 2 is 1.25 bits per heavy atom. The van der Waals surface area contributed by atoms with Gasteiger partial charge in [0.15, 0.2) is 0 Å². The average molecular weight is 818 g/mol. The number of carbonyl (C=O) groups is 6. The number of Topliss-reactive ketones (excluding diaryl/α,β-unsaturated/α-hetero) is 1. The lowest BCUT2D eigenvalue weighted by atomic mass is 10.0. The number of aliphatic carboxylic acids is 4. The summed E-state index contributed by atoms with van der Waals surface area (Å²) in [5, 5.41) is 50.4. The summed E-state index contributed by atoms with van der Waals surface area (Å²) >= 11 is 0. The Kier molecular flexibility index (Phi) is 18.1. The molecule has 308 valence electrons. The lowest BCUT2D eigenvalue weighted by Gasteiger charge is -2.20. The molecule has 0 aromatic heterocycles. The number of rotatable bonds is 16. The molecule has 3 aromatic carbocycles. The van der Waals surface area contributed by atoms with Crippen LogP contribution in [0.1, 0.15) is 45.5 Å². The fraction of sp³-hybridized carbons (Fsp3) is 0.235. The van der Waals surface area contributed by atoms with Crippen LogP contribution < -0.4 is 26.3 Å². The summed E-state index contributed by atoms with van der Waals surface area (Å²) in [7, 11) is 0. The quantitative estimate of drug-likeness (QED) is 0.0434. The van der Waals surface area contributed by atoms with Crippen molar-refractivity contribution in [3.05, 3.63) is 94.5 Å². The number of ketones is 1. The number of ether oxygens (including phenoxy) is 2. The number of hydrogen-bond donors (Lipinski definition) is 9. The predicted molar refractivity (Wildman–Crippen MR) is 183 cm³/mol. The Bertz CT molecular complexity index is 1950. The number of carboxylic acid groups (broad SMARTS) is 4. The first-order valence-electron chi connectivity index (χ1n) is 15.5. The molecular formula is C34H33F6N5O12. The van der Waals surface area contributed by atoms with Crippen molar-refractivity contribution in [1.82, 2.24) is 5.32 Å². The number of carboxylic acids is 4. The lowest BCUT2D eigenvalue weighted by molar-refractivity contribution is -0.193. The molecule has 3 rings (SSSR count). The molecule has 0 fully saturated rings. The van der Waals surface area contributed by atoms with Gasteiger partial charge in [-0.25, -0.2) is 14.4 Å². The van der Waals surface area contributed by atoms with E-state index in [1.165, 1.54) is 18.2 Å². The fourth-order valence-electron chi connectivity index (χ4n) is 3.93. The summed E-state index contributed by atoms with van der Waals surface area (Å²) in [4.78, 5) is 65.1. The summed E-state index contributed by atoms with van der Waals surface area (Å²) in [5.41, 5.74) is 13.0. The zero-order valence-electron chi connectivity index (χ0n) is 28.9. The molecule has 11 N–H and O–H groups in total. The third kappa shape index (κ3) is 18.1. The minimum atomic E-state index is -5.08. The van der Waals surface area contributed by atoms with E-state index in [0.717, 1.165) is 0 Å². The van der Waals surface area contributed by atoms with Gasteiger partial charge in [-0.3, -0.25) is 25.2 Å². The largest absolute Gasteiger partial charge is 0.491 e. The summed E-state index contributed by atoms with van der Waals surface area (Å²) < 4.78 is 75.1. The van der Waals surface area contributed by atoms with Crippen molar-refractivity contribution < 1.29 is 85.0 Å². The SMILES string of the molecule is N=C(N)c1cccc(OCc2cccc(C(=O)N[C@H](CCC(=O)O)COc3cc(C(=N)N)ccc3CC(=O)C(=O)O)c2)c1.O=C(O)C(F)(F)F.O=C(O)C(F)(F)F. The molecule has 0 heterocycles. The van der Waals surface area contributed by atoms with Gasteiger partial charge in [0.1, 0.15) is 36.4 Å². The monoisotopic (exact) mass is 817 g/mol. The van der Waals surface area contributed by atoms with E-state index in [0.29, 0.717) is 16.9 Å². The second kappa shape index (κ2) is 21.6. The molecule has 0 aliphatic rings. The van der Waals surface area contributed by atoms with E-state index in [4.69, 9.17) is 56.7 Å². The third-order valence-electron chi connectivity index (χ3n) is 6.67. The summed E-state index contributed by atoms with van der Waals surface area (Å²) in [6.07, 6.45) is -10.9. The number of amides is 1. The van der Waals surface area contributed by atoms with Crippen molar-refractivity contribution in [3.8, 4) is 11.5 Å². The number of nitrogens with two attached hydrogens (primary N) is 2. The number of nitrogen functional groups attached to an aromatic ring is 2. The third-order valence-corrected chi connectivity index (χ3v) is 6.67. The second-order valence-corrected chi connectivity index (χ2v) is 11.1. The smallest absolute Gasteiger partial charge is 0.490 e. The standard InChI is InChI=1S/C30H31N5O8.2C2HF3O2/c31-27(32)19-4-2-6-23(12-19)42-15-17-3-1-5-21(11-17)29(39)35-22(9-10-26(37)38)16-43-25-14-20(28(33)34)8-7-18(25)13-24(36)30(40)41;2*3-2(4,5)1(6)7/h1-8,11-12,14,22H,9-10,13,15-16H2,(H3,31,32)(H3,33,34)(H,35,39)(H,37,38)(H,40,41);2*(H,6,7)/t22-;;/m1../s1. The highest BCUT2D eigenvalue weighted by atomic mass is 19.4. The molecule has 23 heteroatoms. The lowest BCUT2D eigenvalue weighted by Crippen LogP contribution is -2.39. The molecule has 1 atom stereocenters. The van der Waals surface area contributed by atoms with Crippen LogP contribution in [0.4, 0.5) is 26.3 Å². The van der Waals surface area contributed by atoms with Crippen LogP contribution >= 0.6 is 0 Å². The maximum atomic E-state index is 13.1. The predicted octanol–water partition coefficient (Wildman–Crippen LogP) is 3.34. The van der Waals surface area contributed by atoms with E-state index >= 15 is 0 Å². The number of carbonyl (C=O) groups excluding carboxylic acids is 2. The van der Waals surface area contributed by atoms with Crippen molar-refractivity contribution in [2.24, 2.45) is 11.5 Å². The topological polar surface area (TPSA) is 314 Å². The molecule has 0 saturated carbocycles. The summed E-state index contributed by atoms with van der Waals surface area (Å²) in [6.45, 7) is -0.0949. The van der Waals surface area contributed by atoms with Crippen LogP contribution in [0.2, 0.25) is 0 Å². The van der Waals surface area contributed by atoms with Crippen molar-refractivity contribution in [3.63, 3.8) is 0 Å². The number of hydrogen-bond acceptors (Lipinski definition) is 10. The summed E-state index contributed by atoms with van der Waals surface area (Å²) in [6, 6.07) is 16.8. The van der Waals surface area contributed by atoms with E-state index < -0.39 is 60.4 Å². The normalized spacial score (nSPS) is 11.2. The van der Waals surface area contributed by atoms with Crippen LogP contribution in [0.15, 0.2) is 66.7 Å². The Morgan fingerprint density at radius 1 is 0.719 bits per heavy atom. The second-order valence-electron chi connectivity index (χ2n) is 11.1. The van der Waals surface area contributed by atoms with Crippen LogP contribution in [-0.2, 0) is 37.0 Å². The van der Waals surface area contributed by atoms with Gasteiger partial charge in [-0.05, 0) is 42.3 Å². The maximum Gasteiger partial charge on any atom is 0.490 e. The first-order valence-corrected chi connectivity index (χ1v) is 15.5. The molecule has 3 aromatic rings. The van der Waals surface area contributed by atoms with Crippen LogP contribution in [0, 0.1) is 10.8 Å². The van der Waals surface area contributed by atoms with E-state index in [1.807, 2.05) is 0 Å². The molecular weight excluding hydrogens is 784 g/mol. The molecule has 0 aliphatic carbocycles. The van der Waals surface area contributed by atoms with Crippen LogP contribution in [-0.4, -0.2) is 92.7 Å². The minimum Gasteiger partial charge on any atom is -0.491 e. The average Bonchev–Trinajstić information content (AvgIpc) is 3.12. The van der Waals surface area contributed by atoms with Gasteiger partial charge in [0.2, 0.25) is 5.78 Å². The van der Waals surface area contributed by atoms with Crippen molar-refractivity contribution in [1.29, 1.82) is 10.8 Å². The van der Waals surface area contributed by atoms with E-state index in [2.05, 4.69) is 5.32 Å². The van der Waals surface area contributed by atoms with Gasteiger partial charge in [-0.15, -0.1) is 0 Å². The van der Waals surface area contributed by atoms with E-state index in [-0.39, 0.29) is 60.2 Å². The highest BCUT2D eigenvalue weighted by Crippen LogP contribution is 2.23. The van der Waals surface area contributed by atoms with Crippen molar-refractivity contribution >= 4 is 47.2 Å². The number of halogens is 6. The first kappa shape index (κ1) is 47.8. The van der Waals surface area contributed by atoms with Gasteiger partial charge < -0.3 is 46.7 Å². The number of amidine groups is 2. The molecule has 0 saturated heterocycles. The van der Waals surface area contributed by atoms with Gasteiger partial charge in [-0.2, -0.15) is 26.3 Å². The molecule has 0 bridgehead atoms. The number of alkyl halides is 6. The van der Waals surface area contributed by atoms with Crippen molar-refractivity contribution in [2.75, 3.05) is 6.61 Å². The molecule has 17 nitrogen and oxygen atoms in total. The summed E-state index contributed by atoms with van der Waals surface area (Å²) in [5.74, 6) is -9.61. The van der Waals surface area contributed by atoms with Crippen LogP contribution in [0.5, 0.6) is 11.5 Å². The van der Waals surface area contributed by atoms with Crippen LogP contribution in [0.3, 0.4) is 0 Å². The number of nitrogens with one attached hydrogen (secondary N) is 3. The Labute approximate surface area is 316 Å². The highest BCUT2D eigenvalue weighted by Gasteiger charge is 2.39. The first-order chi connectivity index (χ1) is 26.3. The highest BCUT2D eigenvalue weighted by molar-refractivity contribution is 6.33. The van der Waals surface area contributed by atoms with Crippen LogP contribution in [0.25, 0.3) is 0 Å². The molecule has 0 aliphatic heterocycles. The maximum absolute atomic E-state index is 13.1. The van der Waals surface area contributed by atoms with Gasteiger partial charge in [-0.1, -0.05) is 36.4 Å². The molecule has 0 spiro atoms. The molecule has 57 heavy (non-hydrogen) atoms. The minimum absolute atomic E-state index is 0.00610. The number of benzene rings is 3. The van der Waals surface area contributed by atoms with E-state index in [9.17, 15) is 50.6 Å². The van der Waals surface area contributed by atoms with Gasteiger partial charge in [0, 0.05) is 35.1 Å². The fourth-order valence-corrected chi connectivity index (χ4v) is 3.93. The molecule has 0 unspecified atom stereocenters. The Balaban J connectivity index is 0.000000984.